The van der Waals surface area contributed by atoms with Crippen LogP contribution in [0.3, 0.4) is 0 Å². The zero-order valence-corrected chi connectivity index (χ0v) is 10.3. The highest BCUT2D eigenvalue weighted by Gasteiger charge is 2.37. The molecular weight excluding hydrogens is 200 g/mol. The van der Waals surface area contributed by atoms with Gasteiger partial charge in [-0.25, -0.2) is 0 Å². The molecule has 0 saturated carbocycles. The standard InChI is InChI=1S/C13H20N2O/c1-7(2)8(3)9(4)11-6-15-13(16)12(11)10(5)14/h11-12H,1,5-6,14H2,2-4H3,(H,15,16)/b9-8+/t11-,12-/m1/s1. The predicted octanol–water partition coefficient (Wildman–Crippen LogP) is 1.73. The van der Waals surface area contributed by atoms with Crippen molar-refractivity contribution in [1.82, 2.24) is 5.32 Å². The first-order chi connectivity index (χ1) is 7.36. The van der Waals surface area contributed by atoms with Crippen LogP contribution >= 0.6 is 0 Å². The normalized spacial score (nSPS) is 26.1. The van der Waals surface area contributed by atoms with E-state index < -0.39 is 0 Å². The second-order valence-electron chi connectivity index (χ2n) is 4.49. The van der Waals surface area contributed by atoms with Crippen LogP contribution in [0.25, 0.3) is 0 Å². The first kappa shape index (κ1) is 12.6. The van der Waals surface area contributed by atoms with E-state index in [1.165, 1.54) is 5.57 Å². The van der Waals surface area contributed by atoms with Crippen LogP contribution in [0.4, 0.5) is 0 Å². The number of hydrogen-bond acceptors (Lipinski definition) is 2. The van der Waals surface area contributed by atoms with E-state index in [2.05, 4.69) is 18.5 Å². The Morgan fingerprint density at radius 1 is 1.38 bits per heavy atom. The first-order valence-corrected chi connectivity index (χ1v) is 5.41. The van der Waals surface area contributed by atoms with Crippen molar-refractivity contribution in [3.63, 3.8) is 0 Å². The van der Waals surface area contributed by atoms with Crippen molar-refractivity contribution in [2.75, 3.05) is 6.54 Å². The molecule has 1 aliphatic rings. The van der Waals surface area contributed by atoms with Gasteiger partial charge in [-0.1, -0.05) is 24.3 Å². The van der Waals surface area contributed by atoms with Crippen LogP contribution < -0.4 is 11.1 Å². The highest BCUT2D eigenvalue weighted by Crippen LogP contribution is 2.31. The summed E-state index contributed by atoms with van der Waals surface area (Å²) >= 11 is 0. The van der Waals surface area contributed by atoms with Crippen molar-refractivity contribution in [1.29, 1.82) is 0 Å². The third-order valence-corrected chi connectivity index (χ3v) is 3.37. The SMILES string of the molecule is C=C(C)/C(C)=C(\C)[C@H]1CNC(=O)[C@@H]1C(=C)N. The van der Waals surface area contributed by atoms with Crippen LogP contribution in [-0.4, -0.2) is 12.5 Å². The highest BCUT2D eigenvalue weighted by atomic mass is 16.2. The van der Waals surface area contributed by atoms with Gasteiger partial charge in [0.05, 0.1) is 5.92 Å². The van der Waals surface area contributed by atoms with Crippen LogP contribution in [0.1, 0.15) is 20.8 Å². The summed E-state index contributed by atoms with van der Waals surface area (Å²) in [6.07, 6.45) is 0. The molecule has 88 valence electrons. The maximum atomic E-state index is 11.6. The van der Waals surface area contributed by atoms with Gasteiger partial charge >= 0.3 is 0 Å². The van der Waals surface area contributed by atoms with Gasteiger partial charge in [-0.2, -0.15) is 0 Å². The zero-order chi connectivity index (χ0) is 12.5. The lowest BCUT2D eigenvalue weighted by Crippen LogP contribution is -2.25. The molecule has 1 heterocycles. The smallest absolute Gasteiger partial charge is 0.229 e. The van der Waals surface area contributed by atoms with Crippen molar-refractivity contribution in [2.24, 2.45) is 17.6 Å². The Labute approximate surface area is 97.1 Å². The molecule has 1 fully saturated rings. The predicted molar refractivity (Wildman–Crippen MR) is 66.5 cm³/mol. The molecular formula is C13H20N2O. The molecule has 1 saturated heterocycles. The first-order valence-electron chi connectivity index (χ1n) is 5.41. The number of nitrogens with two attached hydrogens (primary N) is 1. The summed E-state index contributed by atoms with van der Waals surface area (Å²) in [4.78, 5) is 11.6. The van der Waals surface area contributed by atoms with Gasteiger partial charge in [-0.15, -0.1) is 0 Å². The second kappa shape index (κ2) is 4.56. The Balaban J connectivity index is 3.05. The van der Waals surface area contributed by atoms with Gasteiger partial charge in [-0.3, -0.25) is 4.79 Å². The van der Waals surface area contributed by atoms with Gasteiger partial charge in [0.1, 0.15) is 0 Å². The molecule has 0 unspecified atom stereocenters. The molecule has 0 aromatic carbocycles. The molecule has 3 heteroatoms. The summed E-state index contributed by atoms with van der Waals surface area (Å²) < 4.78 is 0. The number of nitrogens with one attached hydrogen (secondary N) is 1. The third-order valence-electron chi connectivity index (χ3n) is 3.37. The molecule has 3 N–H and O–H groups in total. The minimum Gasteiger partial charge on any atom is -0.402 e. The summed E-state index contributed by atoms with van der Waals surface area (Å²) in [6, 6.07) is 0. The van der Waals surface area contributed by atoms with Gasteiger partial charge in [0.2, 0.25) is 5.91 Å². The molecule has 0 radical (unpaired) electrons. The molecule has 0 aromatic rings. The van der Waals surface area contributed by atoms with Crippen molar-refractivity contribution in [2.45, 2.75) is 20.8 Å². The summed E-state index contributed by atoms with van der Waals surface area (Å²) in [5, 5.41) is 2.83. The molecule has 2 atom stereocenters. The molecule has 0 aromatic heterocycles. The van der Waals surface area contributed by atoms with Crippen LogP contribution in [-0.2, 0) is 4.79 Å². The summed E-state index contributed by atoms with van der Waals surface area (Å²) in [5.41, 5.74) is 9.47. The van der Waals surface area contributed by atoms with Crippen LogP contribution in [0, 0.1) is 11.8 Å². The number of carbonyl (C=O) groups excluding carboxylic acids is 1. The van der Waals surface area contributed by atoms with E-state index in [0.717, 1.165) is 11.1 Å². The van der Waals surface area contributed by atoms with E-state index in [0.29, 0.717) is 12.2 Å². The zero-order valence-electron chi connectivity index (χ0n) is 10.3. The number of amides is 1. The lowest BCUT2D eigenvalue weighted by molar-refractivity contribution is -0.121. The third kappa shape index (κ3) is 2.18. The Kier molecular flexibility index (Phi) is 3.58. The van der Waals surface area contributed by atoms with E-state index >= 15 is 0 Å². The highest BCUT2D eigenvalue weighted by molar-refractivity contribution is 5.84. The van der Waals surface area contributed by atoms with Gasteiger partial charge in [0.25, 0.3) is 0 Å². The molecule has 0 bridgehead atoms. The van der Waals surface area contributed by atoms with Gasteiger partial charge in [0.15, 0.2) is 0 Å². The van der Waals surface area contributed by atoms with Crippen LogP contribution in [0.15, 0.2) is 35.6 Å². The molecule has 16 heavy (non-hydrogen) atoms. The number of carbonyl (C=O) groups is 1. The van der Waals surface area contributed by atoms with E-state index in [9.17, 15) is 4.79 Å². The Hall–Kier alpha value is -1.51. The fraction of sp³-hybridized carbons (Fsp3) is 0.462. The lowest BCUT2D eigenvalue weighted by atomic mass is 9.84. The fourth-order valence-electron chi connectivity index (χ4n) is 2.07. The molecule has 1 aliphatic heterocycles. The Morgan fingerprint density at radius 3 is 2.38 bits per heavy atom. The fourth-order valence-corrected chi connectivity index (χ4v) is 2.07. The molecule has 0 spiro atoms. The molecule has 0 aliphatic carbocycles. The summed E-state index contributed by atoms with van der Waals surface area (Å²) in [6.45, 7) is 14.3. The van der Waals surface area contributed by atoms with E-state index in [1.807, 2.05) is 20.8 Å². The summed E-state index contributed by atoms with van der Waals surface area (Å²) in [7, 11) is 0. The van der Waals surface area contributed by atoms with Crippen molar-refractivity contribution >= 4 is 5.91 Å². The van der Waals surface area contributed by atoms with Crippen LogP contribution in [0.2, 0.25) is 0 Å². The molecule has 1 rings (SSSR count). The summed E-state index contributed by atoms with van der Waals surface area (Å²) in [5.74, 6) is -0.206. The molecule has 3 nitrogen and oxygen atoms in total. The van der Waals surface area contributed by atoms with Gasteiger partial charge < -0.3 is 11.1 Å². The second-order valence-corrected chi connectivity index (χ2v) is 4.49. The average Bonchev–Trinajstić information content (AvgIpc) is 2.57. The number of allylic oxidation sites excluding steroid dienone is 2. The maximum Gasteiger partial charge on any atom is 0.229 e. The quantitative estimate of drug-likeness (QED) is 0.712. The minimum atomic E-state index is -0.297. The number of rotatable bonds is 3. The largest absolute Gasteiger partial charge is 0.402 e. The Morgan fingerprint density at radius 2 is 1.94 bits per heavy atom. The van der Waals surface area contributed by atoms with Crippen molar-refractivity contribution < 1.29 is 4.79 Å². The maximum absolute atomic E-state index is 11.6. The van der Waals surface area contributed by atoms with E-state index in [1.54, 1.807) is 0 Å². The van der Waals surface area contributed by atoms with E-state index in [4.69, 9.17) is 5.73 Å². The van der Waals surface area contributed by atoms with Gasteiger partial charge in [-0.05, 0) is 26.3 Å². The van der Waals surface area contributed by atoms with E-state index in [-0.39, 0.29) is 17.7 Å². The Bertz CT molecular complexity index is 379. The topological polar surface area (TPSA) is 55.1 Å². The van der Waals surface area contributed by atoms with Crippen molar-refractivity contribution in [3.05, 3.63) is 35.6 Å². The number of hydrogen-bond donors (Lipinski definition) is 2. The average molecular weight is 220 g/mol. The minimum absolute atomic E-state index is 0.0219. The van der Waals surface area contributed by atoms with Crippen molar-refractivity contribution in [3.8, 4) is 0 Å². The molecule has 1 amide bonds. The monoisotopic (exact) mass is 220 g/mol. The van der Waals surface area contributed by atoms with Gasteiger partial charge in [0, 0.05) is 18.2 Å². The lowest BCUT2D eigenvalue weighted by Gasteiger charge is -2.19. The van der Waals surface area contributed by atoms with Crippen LogP contribution in [0.5, 0.6) is 0 Å².